The second kappa shape index (κ2) is 14.8. The highest BCUT2D eigenvalue weighted by Crippen LogP contribution is 2.37. The maximum Gasteiger partial charge on any atom is 0.490 e. The van der Waals surface area contributed by atoms with E-state index in [1.807, 2.05) is 61.5 Å². The largest absolute Gasteiger partial charge is 0.490 e. The second-order valence-electron chi connectivity index (χ2n) is 12.0. The standard InChI is InChI=1S/C32H30N6O5.C3H3F3O2/c1-20-15-22(26-5-3-4-6-27(26)35-20)18-42-25-9-7-23(8-10-25)32(19-34-28(39)21-11-13-33-14-12-21)17-24(38-43-32)16-31(2)29(40)36-30(41)37-31;1-8-2(7)3(4,5)6/h3-15H,16-19H2,1-2H3,(H,34,39)(H2,36,37,40,41);1H3. The van der Waals surface area contributed by atoms with Crippen molar-refractivity contribution in [1.29, 1.82) is 0 Å². The lowest BCUT2D eigenvalue weighted by Gasteiger charge is -2.28. The molecule has 2 atom stereocenters. The van der Waals surface area contributed by atoms with Crippen molar-refractivity contribution in [3.8, 4) is 5.75 Å². The summed E-state index contributed by atoms with van der Waals surface area (Å²) in [5.74, 6) is -2.22. The van der Waals surface area contributed by atoms with E-state index >= 15 is 0 Å². The number of hydrogen-bond acceptors (Lipinski definition) is 10. The minimum atomic E-state index is -4.85. The maximum absolute atomic E-state index is 12.9. The van der Waals surface area contributed by atoms with Crippen LogP contribution in [0.1, 0.15) is 46.9 Å². The van der Waals surface area contributed by atoms with Crippen molar-refractivity contribution in [2.24, 2.45) is 5.16 Å². The van der Waals surface area contributed by atoms with Crippen LogP contribution < -0.4 is 20.7 Å². The number of rotatable bonds is 9. The number of fused-ring (bicyclic) bond motifs is 1. The Balaban J connectivity index is 0.000000565. The Morgan fingerprint density at radius 2 is 1.75 bits per heavy atom. The lowest BCUT2D eigenvalue weighted by molar-refractivity contribution is -0.196. The van der Waals surface area contributed by atoms with Crippen molar-refractivity contribution in [2.45, 2.75) is 50.6 Å². The van der Waals surface area contributed by atoms with Gasteiger partial charge in [0, 0.05) is 53.0 Å². The smallest absolute Gasteiger partial charge is 0.489 e. The molecular weight excluding hydrogens is 673 g/mol. The molecule has 2 unspecified atom stereocenters. The lowest BCUT2D eigenvalue weighted by Crippen LogP contribution is -2.46. The van der Waals surface area contributed by atoms with E-state index in [1.165, 1.54) is 0 Å². The van der Waals surface area contributed by atoms with E-state index in [2.05, 4.69) is 35.8 Å². The molecule has 1 saturated heterocycles. The van der Waals surface area contributed by atoms with Crippen molar-refractivity contribution in [3.05, 3.63) is 102 Å². The number of nitrogens with one attached hydrogen (secondary N) is 3. The summed E-state index contributed by atoms with van der Waals surface area (Å²) in [4.78, 5) is 61.2. The van der Waals surface area contributed by atoms with Gasteiger partial charge in [0.1, 0.15) is 17.9 Å². The number of alkyl halides is 3. The van der Waals surface area contributed by atoms with Gasteiger partial charge in [-0.3, -0.25) is 24.9 Å². The topological polar surface area (TPSA) is 170 Å². The van der Waals surface area contributed by atoms with Gasteiger partial charge in [0.2, 0.25) is 0 Å². The summed E-state index contributed by atoms with van der Waals surface area (Å²) in [6.07, 6.45) is -1.30. The van der Waals surface area contributed by atoms with Crippen molar-refractivity contribution >= 4 is 40.4 Å². The summed E-state index contributed by atoms with van der Waals surface area (Å²) in [5.41, 5.74) is 2.50. The van der Waals surface area contributed by atoms with Gasteiger partial charge >= 0.3 is 18.2 Å². The van der Waals surface area contributed by atoms with E-state index < -0.39 is 35.2 Å². The van der Waals surface area contributed by atoms with Crippen molar-refractivity contribution in [3.63, 3.8) is 0 Å². The van der Waals surface area contributed by atoms with Crippen LogP contribution >= 0.6 is 0 Å². The number of benzene rings is 2. The van der Waals surface area contributed by atoms with Crippen molar-refractivity contribution in [2.75, 3.05) is 13.7 Å². The molecule has 16 heteroatoms. The molecular formula is C35H33F3N6O7. The van der Waals surface area contributed by atoms with Gasteiger partial charge in [0.15, 0.2) is 5.60 Å². The van der Waals surface area contributed by atoms with Gasteiger partial charge in [-0.15, -0.1) is 0 Å². The highest BCUT2D eigenvalue weighted by atomic mass is 19.4. The predicted molar refractivity (Wildman–Crippen MR) is 176 cm³/mol. The van der Waals surface area contributed by atoms with Crippen LogP contribution in [-0.2, 0) is 31.4 Å². The molecule has 2 aromatic carbocycles. The fraction of sp³-hybridized carbons (Fsp3) is 0.286. The molecule has 0 bridgehead atoms. The molecule has 13 nitrogen and oxygen atoms in total. The number of ether oxygens (including phenoxy) is 2. The number of urea groups is 1. The molecule has 51 heavy (non-hydrogen) atoms. The monoisotopic (exact) mass is 706 g/mol. The molecule has 4 aromatic rings. The van der Waals surface area contributed by atoms with E-state index in [1.54, 1.807) is 31.5 Å². The van der Waals surface area contributed by atoms with Gasteiger partial charge in [-0.25, -0.2) is 9.59 Å². The first-order valence-corrected chi connectivity index (χ1v) is 15.5. The zero-order valence-corrected chi connectivity index (χ0v) is 27.7. The number of carbonyl (C=O) groups is 4. The van der Waals surface area contributed by atoms with E-state index in [9.17, 15) is 32.3 Å². The number of amides is 4. The molecule has 2 aliphatic heterocycles. The molecule has 0 aliphatic carbocycles. The number of aromatic nitrogens is 2. The minimum Gasteiger partial charge on any atom is -0.489 e. The number of nitrogens with zero attached hydrogens (tertiary/aromatic N) is 3. The molecule has 4 heterocycles. The molecule has 0 saturated carbocycles. The number of oxime groups is 1. The number of aryl methyl sites for hydroxylation is 1. The van der Waals surface area contributed by atoms with E-state index in [-0.39, 0.29) is 18.9 Å². The maximum atomic E-state index is 12.9. The van der Waals surface area contributed by atoms with Gasteiger partial charge in [-0.2, -0.15) is 13.2 Å². The summed E-state index contributed by atoms with van der Waals surface area (Å²) < 4.78 is 42.4. The van der Waals surface area contributed by atoms with E-state index in [0.29, 0.717) is 37.2 Å². The number of pyridine rings is 2. The predicted octanol–water partition coefficient (Wildman–Crippen LogP) is 4.63. The number of hydrogen-bond donors (Lipinski definition) is 3. The SMILES string of the molecule is COC(=O)C(F)(F)F.Cc1cc(COc2ccc(C3(CNC(=O)c4ccncc4)CC(CC4(C)NC(=O)NC4=O)=NO3)cc2)c2ccccc2n1. The highest BCUT2D eigenvalue weighted by molar-refractivity contribution is 6.09. The minimum absolute atomic E-state index is 0.110. The molecule has 266 valence electrons. The van der Waals surface area contributed by atoms with Crippen LogP contribution in [0, 0.1) is 6.92 Å². The zero-order valence-electron chi connectivity index (χ0n) is 27.7. The third-order valence-corrected chi connectivity index (χ3v) is 8.11. The van der Waals surface area contributed by atoms with Gasteiger partial charge < -0.3 is 24.9 Å². The third-order valence-electron chi connectivity index (χ3n) is 8.11. The average Bonchev–Trinajstić information content (AvgIpc) is 3.63. The Morgan fingerprint density at radius 3 is 2.37 bits per heavy atom. The Hall–Kier alpha value is -6.06. The molecule has 1 fully saturated rings. The molecule has 4 amide bonds. The van der Waals surface area contributed by atoms with Crippen molar-refractivity contribution < 1.29 is 46.7 Å². The normalized spacial score (nSPS) is 19.5. The Labute approximate surface area is 289 Å². The van der Waals surface area contributed by atoms with Crippen molar-refractivity contribution in [1.82, 2.24) is 25.9 Å². The number of para-hydroxylation sites is 1. The lowest BCUT2D eigenvalue weighted by atomic mass is 9.84. The molecule has 2 aromatic heterocycles. The fourth-order valence-corrected chi connectivity index (χ4v) is 5.58. The summed E-state index contributed by atoms with van der Waals surface area (Å²) >= 11 is 0. The molecule has 2 aliphatic rings. The molecule has 6 rings (SSSR count). The molecule has 0 spiro atoms. The van der Waals surface area contributed by atoms with Crippen LogP contribution in [0.3, 0.4) is 0 Å². The van der Waals surface area contributed by atoms with Crippen LogP contribution in [0.5, 0.6) is 5.75 Å². The van der Waals surface area contributed by atoms with E-state index in [0.717, 1.165) is 27.7 Å². The second-order valence-corrected chi connectivity index (χ2v) is 12.0. The van der Waals surface area contributed by atoms with Crippen LogP contribution in [-0.4, -0.2) is 64.9 Å². The van der Waals surface area contributed by atoms with E-state index in [4.69, 9.17) is 9.57 Å². The highest BCUT2D eigenvalue weighted by Gasteiger charge is 2.48. The quantitative estimate of drug-likeness (QED) is 0.166. The Bertz CT molecular complexity index is 1970. The van der Waals surface area contributed by atoms with Crippen LogP contribution in [0.4, 0.5) is 18.0 Å². The summed E-state index contributed by atoms with van der Waals surface area (Å²) in [7, 11) is 0.676. The number of carbonyl (C=O) groups excluding carboxylic acids is 4. The van der Waals surface area contributed by atoms with Crippen LogP contribution in [0.2, 0.25) is 0 Å². The van der Waals surface area contributed by atoms with Crippen LogP contribution in [0.25, 0.3) is 10.9 Å². The summed E-state index contributed by atoms with van der Waals surface area (Å²) in [6, 6.07) is 20.2. The average molecular weight is 707 g/mol. The van der Waals surface area contributed by atoms with Gasteiger partial charge in [0.25, 0.3) is 11.8 Å². The van der Waals surface area contributed by atoms with Crippen LogP contribution in [0.15, 0.2) is 84.3 Å². The van der Waals surface area contributed by atoms with Gasteiger partial charge in [-0.05, 0) is 50.2 Å². The summed E-state index contributed by atoms with van der Waals surface area (Å²) in [5, 5.41) is 13.2. The number of halogens is 3. The van der Waals surface area contributed by atoms with Gasteiger partial charge in [-0.1, -0.05) is 35.5 Å². The zero-order chi connectivity index (χ0) is 36.8. The first kappa shape index (κ1) is 36.2. The Kier molecular flexibility index (Phi) is 10.5. The number of imide groups is 1. The Morgan fingerprint density at radius 1 is 1.04 bits per heavy atom. The molecule has 0 radical (unpaired) electrons. The van der Waals surface area contributed by atoms with Gasteiger partial charge in [0.05, 0.1) is 24.9 Å². The summed E-state index contributed by atoms with van der Waals surface area (Å²) in [6.45, 7) is 4.08. The number of esters is 1. The third kappa shape index (κ3) is 8.57. The fourth-order valence-electron chi connectivity index (χ4n) is 5.58. The molecule has 3 N–H and O–H groups in total. The first-order valence-electron chi connectivity index (χ1n) is 15.5. The first-order chi connectivity index (χ1) is 24.2. The number of methoxy groups -OCH3 is 1.